The van der Waals surface area contributed by atoms with Crippen LogP contribution in [-0.2, 0) is 11.2 Å². The van der Waals surface area contributed by atoms with Gasteiger partial charge in [-0.2, -0.15) is 4.98 Å². The first-order chi connectivity index (χ1) is 17.1. The number of rotatable bonds is 7. The van der Waals surface area contributed by atoms with Crippen LogP contribution in [0.3, 0.4) is 0 Å². The van der Waals surface area contributed by atoms with Crippen molar-refractivity contribution in [1.29, 1.82) is 0 Å². The predicted octanol–water partition coefficient (Wildman–Crippen LogP) is 6.28. The van der Waals surface area contributed by atoms with Gasteiger partial charge in [0.2, 0.25) is 11.8 Å². The van der Waals surface area contributed by atoms with Crippen molar-refractivity contribution in [2.75, 3.05) is 17.7 Å². The van der Waals surface area contributed by atoms with Gasteiger partial charge in [0.1, 0.15) is 16.5 Å². The van der Waals surface area contributed by atoms with Crippen LogP contribution < -0.4 is 14.8 Å². The molecule has 0 fully saturated rings. The summed E-state index contributed by atoms with van der Waals surface area (Å²) in [4.78, 5) is 22.3. The average Bonchev–Trinajstić information content (AvgIpc) is 2.88. The van der Waals surface area contributed by atoms with Gasteiger partial charge in [-0.25, -0.2) is 4.98 Å². The predicted molar refractivity (Wildman–Crippen MR) is 138 cm³/mol. The molecule has 1 N–H and O–H groups in total. The Hall–Kier alpha value is -3.84. The normalized spacial score (nSPS) is 11.7. The monoisotopic (exact) mass is 483 g/mol. The van der Waals surface area contributed by atoms with Gasteiger partial charge >= 0.3 is 0 Å². The fourth-order valence-electron chi connectivity index (χ4n) is 3.89. The summed E-state index contributed by atoms with van der Waals surface area (Å²) < 4.78 is 11.7. The average molecular weight is 484 g/mol. The van der Waals surface area contributed by atoms with E-state index in [1.165, 1.54) is 17.3 Å². The van der Waals surface area contributed by atoms with E-state index in [4.69, 9.17) is 19.4 Å². The van der Waals surface area contributed by atoms with Gasteiger partial charge in [-0.1, -0.05) is 59.8 Å². The van der Waals surface area contributed by atoms with Gasteiger partial charge in [-0.15, -0.1) is 0 Å². The molecule has 0 bridgehead atoms. The number of amides is 1. The van der Waals surface area contributed by atoms with Gasteiger partial charge < -0.3 is 14.8 Å². The van der Waals surface area contributed by atoms with E-state index >= 15 is 0 Å². The van der Waals surface area contributed by atoms with Crippen LogP contribution in [0.5, 0.6) is 17.4 Å². The number of benzene rings is 3. The summed E-state index contributed by atoms with van der Waals surface area (Å²) in [6.07, 6.45) is 0.657. The Morgan fingerprint density at radius 1 is 1.06 bits per heavy atom. The number of anilines is 1. The molecule has 6 nitrogen and oxygen atoms in total. The summed E-state index contributed by atoms with van der Waals surface area (Å²) in [5.41, 5.74) is 4.79. The molecule has 1 aliphatic rings. The summed E-state index contributed by atoms with van der Waals surface area (Å²) in [5.74, 6) is 2.81. The van der Waals surface area contributed by atoms with Crippen LogP contribution in [0, 0.1) is 6.92 Å². The minimum Gasteiger partial charge on any atom is -0.494 e. The lowest BCUT2D eigenvalue weighted by molar-refractivity contribution is -0.113. The van der Waals surface area contributed by atoms with Gasteiger partial charge in [0.15, 0.2) is 5.82 Å². The van der Waals surface area contributed by atoms with Crippen LogP contribution in [0.1, 0.15) is 23.6 Å². The maximum absolute atomic E-state index is 12.7. The van der Waals surface area contributed by atoms with Crippen molar-refractivity contribution in [3.8, 4) is 28.8 Å². The van der Waals surface area contributed by atoms with E-state index < -0.39 is 0 Å². The SMILES string of the molecule is CCOc1ccc(NC(=O)CSc2nc(-c3ccccc3)nc3c2Cc2cc(C)ccc2O3)cc1. The fraction of sp³-hybridized carbons (Fsp3) is 0.179. The quantitative estimate of drug-likeness (QED) is 0.217. The highest BCUT2D eigenvalue weighted by atomic mass is 32.2. The van der Waals surface area contributed by atoms with E-state index in [9.17, 15) is 4.79 Å². The number of carbonyl (C=O) groups excluding carboxylic acids is 1. The third-order valence-electron chi connectivity index (χ3n) is 5.54. The second-order valence-corrected chi connectivity index (χ2v) is 9.15. The summed E-state index contributed by atoms with van der Waals surface area (Å²) in [6, 6.07) is 23.3. The zero-order valence-electron chi connectivity index (χ0n) is 19.6. The molecule has 4 aromatic rings. The number of carbonyl (C=O) groups is 1. The van der Waals surface area contributed by atoms with Gasteiger partial charge in [0.25, 0.3) is 0 Å². The third-order valence-corrected chi connectivity index (χ3v) is 6.56. The number of aromatic nitrogens is 2. The van der Waals surface area contributed by atoms with Crippen molar-refractivity contribution in [3.05, 3.63) is 89.5 Å². The largest absolute Gasteiger partial charge is 0.494 e. The van der Waals surface area contributed by atoms with Crippen molar-refractivity contribution < 1.29 is 14.3 Å². The van der Waals surface area contributed by atoms with Crippen molar-refractivity contribution in [1.82, 2.24) is 9.97 Å². The van der Waals surface area contributed by atoms with Gasteiger partial charge in [-0.3, -0.25) is 4.79 Å². The van der Waals surface area contributed by atoms with E-state index in [0.717, 1.165) is 38.9 Å². The molecule has 3 aromatic carbocycles. The molecule has 0 saturated carbocycles. The molecule has 0 unspecified atom stereocenters. The van der Waals surface area contributed by atoms with E-state index in [-0.39, 0.29) is 11.7 Å². The maximum Gasteiger partial charge on any atom is 0.234 e. The zero-order chi connectivity index (χ0) is 24.2. The number of nitrogens with one attached hydrogen (secondary N) is 1. The van der Waals surface area contributed by atoms with Gasteiger partial charge in [0.05, 0.1) is 17.9 Å². The first kappa shape index (κ1) is 22.9. The Bertz CT molecular complexity index is 1360. The third kappa shape index (κ3) is 5.30. The fourth-order valence-corrected chi connectivity index (χ4v) is 4.71. The summed E-state index contributed by atoms with van der Waals surface area (Å²) in [5, 5.41) is 3.69. The molecule has 5 rings (SSSR count). The molecule has 0 radical (unpaired) electrons. The highest BCUT2D eigenvalue weighted by molar-refractivity contribution is 8.00. The minimum absolute atomic E-state index is 0.110. The topological polar surface area (TPSA) is 73.3 Å². The van der Waals surface area contributed by atoms with E-state index in [1.807, 2.05) is 73.7 Å². The standard InChI is InChI=1S/C28H25N3O3S/c1-3-33-22-12-10-21(11-13-22)29-25(32)17-35-28-23-16-20-15-18(2)9-14-24(20)34-27(23)30-26(31-28)19-7-5-4-6-8-19/h4-15H,3,16-17H2,1-2H3,(H,29,32). The van der Waals surface area contributed by atoms with E-state index in [1.54, 1.807) is 0 Å². The molecule has 0 saturated heterocycles. The molecule has 1 amide bonds. The molecule has 0 aliphatic carbocycles. The van der Waals surface area contributed by atoms with Crippen LogP contribution in [0.4, 0.5) is 5.69 Å². The van der Waals surface area contributed by atoms with E-state index in [2.05, 4.69) is 18.3 Å². The molecule has 0 atom stereocenters. The number of hydrogen-bond acceptors (Lipinski definition) is 6. The molecule has 176 valence electrons. The van der Waals surface area contributed by atoms with Crippen LogP contribution in [0.2, 0.25) is 0 Å². The highest BCUT2D eigenvalue weighted by Crippen LogP contribution is 2.40. The van der Waals surface area contributed by atoms with Crippen LogP contribution in [0.25, 0.3) is 11.4 Å². The summed E-state index contributed by atoms with van der Waals surface area (Å²) in [7, 11) is 0. The lowest BCUT2D eigenvalue weighted by atomic mass is 10.0. The van der Waals surface area contributed by atoms with Crippen molar-refractivity contribution in [2.24, 2.45) is 0 Å². The molecule has 7 heteroatoms. The van der Waals surface area contributed by atoms with Crippen molar-refractivity contribution in [3.63, 3.8) is 0 Å². The molecule has 1 aliphatic heterocycles. The molecule has 1 aromatic heterocycles. The van der Waals surface area contributed by atoms with E-state index in [0.29, 0.717) is 24.7 Å². The molecule has 2 heterocycles. The second-order valence-electron chi connectivity index (χ2n) is 8.19. The Morgan fingerprint density at radius 2 is 1.86 bits per heavy atom. The first-order valence-corrected chi connectivity index (χ1v) is 12.5. The van der Waals surface area contributed by atoms with Crippen molar-refractivity contribution >= 4 is 23.4 Å². The van der Waals surface area contributed by atoms with Gasteiger partial charge in [-0.05, 0) is 49.7 Å². The number of thioether (sulfide) groups is 1. The second kappa shape index (κ2) is 10.2. The Labute approximate surface area is 208 Å². The van der Waals surface area contributed by atoms with Crippen LogP contribution in [0.15, 0.2) is 77.8 Å². The first-order valence-electron chi connectivity index (χ1n) is 11.5. The van der Waals surface area contributed by atoms with Crippen LogP contribution in [-0.4, -0.2) is 28.2 Å². The number of aryl methyl sites for hydroxylation is 1. The number of hydrogen-bond donors (Lipinski definition) is 1. The zero-order valence-corrected chi connectivity index (χ0v) is 20.4. The summed E-state index contributed by atoms with van der Waals surface area (Å²) >= 11 is 1.39. The smallest absolute Gasteiger partial charge is 0.234 e. The molecular weight excluding hydrogens is 458 g/mol. The van der Waals surface area contributed by atoms with Crippen LogP contribution >= 0.6 is 11.8 Å². The molecular formula is C28H25N3O3S. The lowest BCUT2D eigenvalue weighted by Gasteiger charge is -2.22. The lowest BCUT2D eigenvalue weighted by Crippen LogP contribution is -2.15. The number of fused-ring (bicyclic) bond motifs is 2. The summed E-state index contributed by atoms with van der Waals surface area (Å²) in [6.45, 7) is 4.60. The number of nitrogens with zero attached hydrogens (tertiary/aromatic N) is 2. The Morgan fingerprint density at radius 3 is 2.63 bits per heavy atom. The molecule has 0 spiro atoms. The number of ether oxygens (including phenoxy) is 2. The molecule has 35 heavy (non-hydrogen) atoms. The minimum atomic E-state index is -0.110. The van der Waals surface area contributed by atoms with Gasteiger partial charge in [0, 0.05) is 17.7 Å². The van der Waals surface area contributed by atoms with Crippen molar-refractivity contribution in [2.45, 2.75) is 25.3 Å². The Kier molecular flexibility index (Phi) is 6.68. The maximum atomic E-state index is 12.7. The Balaban J connectivity index is 1.38. The highest BCUT2D eigenvalue weighted by Gasteiger charge is 2.24.